The van der Waals surface area contributed by atoms with Gasteiger partial charge in [0.25, 0.3) is 5.91 Å². The van der Waals surface area contributed by atoms with Gasteiger partial charge in [-0.1, -0.05) is 36.4 Å². The summed E-state index contributed by atoms with van der Waals surface area (Å²) in [6, 6.07) is 20.9. The summed E-state index contributed by atoms with van der Waals surface area (Å²) in [4.78, 5) is 25.8. The largest absolute Gasteiger partial charge is 0.496 e. The minimum atomic E-state index is -0.930. The number of hydrogen-bond acceptors (Lipinski definition) is 6. The van der Waals surface area contributed by atoms with Gasteiger partial charge in [-0.05, 0) is 48.0 Å². The van der Waals surface area contributed by atoms with Crippen LogP contribution in [0.2, 0.25) is 0 Å². The molecule has 37 heavy (non-hydrogen) atoms. The fourth-order valence-corrected chi connectivity index (χ4v) is 3.97. The number of nitrogens with zero attached hydrogens (tertiary/aromatic N) is 2. The van der Waals surface area contributed by atoms with E-state index in [1.165, 1.54) is 38.1 Å². The number of hydrogen-bond donors (Lipinski definition) is 1. The number of rotatable bonds is 9. The summed E-state index contributed by atoms with van der Waals surface area (Å²) in [7, 11) is 4.31. The first kappa shape index (κ1) is 25.4. The number of halogens is 1. The summed E-state index contributed by atoms with van der Waals surface area (Å²) in [5, 5.41) is 7.23. The summed E-state index contributed by atoms with van der Waals surface area (Å²) >= 11 is 0. The first-order valence-electron chi connectivity index (χ1n) is 11.4. The molecular formula is C28H26FN3O5. The molecule has 1 atom stereocenters. The molecule has 9 heteroatoms. The number of methoxy groups -OCH3 is 3. The molecule has 0 spiro atoms. The molecule has 3 aromatic carbocycles. The van der Waals surface area contributed by atoms with E-state index in [0.717, 1.165) is 5.56 Å². The van der Waals surface area contributed by atoms with Crippen LogP contribution in [-0.2, 0) is 16.0 Å². The molecule has 0 aliphatic carbocycles. The third-order valence-electron chi connectivity index (χ3n) is 5.77. The molecule has 1 amide bonds. The predicted molar refractivity (Wildman–Crippen MR) is 135 cm³/mol. The van der Waals surface area contributed by atoms with E-state index in [0.29, 0.717) is 28.4 Å². The lowest BCUT2D eigenvalue weighted by Gasteiger charge is -2.16. The summed E-state index contributed by atoms with van der Waals surface area (Å²) in [6.45, 7) is 0. The van der Waals surface area contributed by atoms with E-state index in [1.807, 2.05) is 30.3 Å². The van der Waals surface area contributed by atoms with Crippen molar-refractivity contribution in [3.8, 4) is 28.4 Å². The molecule has 0 bridgehead atoms. The van der Waals surface area contributed by atoms with Gasteiger partial charge in [0.2, 0.25) is 0 Å². The molecule has 8 nitrogen and oxygen atoms in total. The van der Waals surface area contributed by atoms with Crippen LogP contribution >= 0.6 is 0 Å². The Hall–Kier alpha value is -4.66. The second-order valence-corrected chi connectivity index (χ2v) is 8.08. The second-order valence-electron chi connectivity index (χ2n) is 8.08. The average Bonchev–Trinajstić information content (AvgIpc) is 3.37. The van der Waals surface area contributed by atoms with Crippen LogP contribution in [0.3, 0.4) is 0 Å². The van der Waals surface area contributed by atoms with Gasteiger partial charge in [-0.3, -0.25) is 4.79 Å². The third-order valence-corrected chi connectivity index (χ3v) is 5.77. The normalized spacial score (nSPS) is 11.5. The molecule has 0 saturated carbocycles. The summed E-state index contributed by atoms with van der Waals surface area (Å²) in [5.41, 5.74) is 2.43. The highest BCUT2D eigenvalue weighted by atomic mass is 19.1. The van der Waals surface area contributed by atoms with Gasteiger partial charge in [-0.15, -0.1) is 0 Å². The topological polar surface area (TPSA) is 91.7 Å². The Kier molecular flexibility index (Phi) is 7.83. The maximum atomic E-state index is 13.7. The number of carbonyl (C=O) groups excluding carboxylic acids is 2. The van der Waals surface area contributed by atoms with Crippen molar-refractivity contribution < 1.29 is 28.2 Å². The van der Waals surface area contributed by atoms with E-state index in [1.54, 1.807) is 36.4 Å². The maximum Gasteiger partial charge on any atom is 0.328 e. The molecule has 0 radical (unpaired) electrons. The molecule has 1 N–H and O–H groups in total. The van der Waals surface area contributed by atoms with E-state index < -0.39 is 23.7 Å². The van der Waals surface area contributed by atoms with Crippen LogP contribution in [0.25, 0.3) is 16.9 Å². The number of carbonyl (C=O) groups is 2. The van der Waals surface area contributed by atoms with Crippen LogP contribution in [0.1, 0.15) is 16.1 Å². The Morgan fingerprint density at radius 3 is 2.16 bits per heavy atom. The van der Waals surface area contributed by atoms with Crippen LogP contribution in [0, 0.1) is 5.82 Å². The van der Waals surface area contributed by atoms with Crippen molar-refractivity contribution in [2.24, 2.45) is 0 Å². The van der Waals surface area contributed by atoms with Crippen molar-refractivity contribution in [2.75, 3.05) is 21.3 Å². The van der Waals surface area contributed by atoms with Crippen LogP contribution in [0.15, 0.2) is 78.9 Å². The van der Waals surface area contributed by atoms with Crippen LogP contribution in [-0.4, -0.2) is 49.0 Å². The third kappa shape index (κ3) is 5.61. The van der Waals surface area contributed by atoms with Crippen LogP contribution < -0.4 is 14.8 Å². The minimum Gasteiger partial charge on any atom is -0.496 e. The fraction of sp³-hybridized carbons (Fsp3) is 0.179. The van der Waals surface area contributed by atoms with E-state index in [-0.39, 0.29) is 12.1 Å². The molecule has 190 valence electrons. The van der Waals surface area contributed by atoms with Crippen molar-refractivity contribution in [3.63, 3.8) is 0 Å². The predicted octanol–water partition coefficient (Wildman–Crippen LogP) is 4.21. The molecule has 0 aliphatic rings. The Labute approximate surface area is 213 Å². The van der Waals surface area contributed by atoms with Crippen molar-refractivity contribution >= 4 is 11.9 Å². The lowest BCUT2D eigenvalue weighted by atomic mass is 10.1. The summed E-state index contributed by atoms with van der Waals surface area (Å²) < 4.78 is 31.2. The highest BCUT2D eigenvalue weighted by molar-refractivity contribution is 5.96. The molecule has 0 saturated heterocycles. The van der Waals surface area contributed by atoms with Gasteiger partial charge in [-0.25, -0.2) is 13.9 Å². The Morgan fingerprint density at radius 2 is 1.57 bits per heavy atom. The van der Waals surface area contributed by atoms with E-state index in [4.69, 9.17) is 14.2 Å². The number of aromatic nitrogens is 2. The molecule has 1 aromatic heterocycles. The lowest BCUT2D eigenvalue weighted by molar-refractivity contribution is -0.142. The van der Waals surface area contributed by atoms with Crippen molar-refractivity contribution in [1.29, 1.82) is 0 Å². The van der Waals surface area contributed by atoms with Gasteiger partial charge in [0.15, 0.2) is 5.69 Å². The molecule has 1 heterocycles. The summed E-state index contributed by atoms with van der Waals surface area (Å²) in [5.74, 6) is -0.589. The van der Waals surface area contributed by atoms with Gasteiger partial charge in [-0.2, -0.15) is 5.10 Å². The van der Waals surface area contributed by atoms with E-state index >= 15 is 0 Å². The van der Waals surface area contributed by atoms with Gasteiger partial charge in [0.05, 0.1) is 38.3 Å². The van der Waals surface area contributed by atoms with Gasteiger partial charge in [0, 0.05) is 6.42 Å². The number of benzene rings is 3. The average molecular weight is 504 g/mol. The van der Waals surface area contributed by atoms with Crippen molar-refractivity contribution in [2.45, 2.75) is 12.5 Å². The molecule has 4 aromatic rings. The lowest BCUT2D eigenvalue weighted by Crippen LogP contribution is -2.43. The molecule has 0 unspecified atom stereocenters. The van der Waals surface area contributed by atoms with Gasteiger partial charge < -0.3 is 19.5 Å². The molecular weight excluding hydrogens is 477 g/mol. The number of esters is 1. The Bertz CT molecular complexity index is 1360. The number of amides is 1. The minimum absolute atomic E-state index is 0.0363. The second kappa shape index (κ2) is 11.4. The monoisotopic (exact) mass is 503 g/mol. The number of ether oxygens (including phenoxy) is 3. The zero-order valence-corrected chi connectivity index (χ0v) is 20.6. The SMILES string of the molecule is COC(=O)[C@H](Cc1ccccc1)NC(=O)c1cc(-c2c(OC)cccc2OC)n(-c2ccc(F)cc2)n1. The van der Waals surface area contributed by atoms with E-state index in [9.17, 15) is 14.0 Å². The first-order valence-corrected chi connectivity index (χ1v) is 11.4. The van der Waals surface area contributed by atoms with Gasteiger partial charge in [0.1, 0.15) is 23.4 Å². The summed E-state index contributed by atoms with van der Waals surface area (Å²) in [6.07, 6.45) is 0.241. The smallest absolute Gasteiger partial charge is 0.328 e. The zero-order chi connectivity index (χ0) is 26.4. The highest BCUT2D eigenvalue weighted by Gasteiger charge is 2.26. The molecule has 4 rings (SSSR count). The maximum absolute atomic E-state index is 13.7. The standard InChI is InChI=1S/C28H26FN3O5/c1-35-24-10-7-11-25(36-2)26(24)23-17-21(31-32(23)20-14-12-19(29)13-15-20)27(33)30-22(28(34)37-3)16-18-8-5-4-6-9-18/h4-15,17,22H,16H2,1-3H3,(H,30,33)/t22-/m0/s1. The molecule has 0 fully saturated rings. The number of nitrogens with one attached hydrogen (secondary N) is 1. The molecule has 0 aliphatic heterocycles. The highest BCUT2D eigenvalue weighted by Crippen LogP contribution is 2.39. The van der Waals surface area contributed by atoms with Crippen molar-refractivity contribution in [3.05, 3.63) is 95.9 Å². The fourth-order valence-electron chi connectivity index (χ4n) is 3.97. The van der Waals surface area contributed by atoms with Gasteiger partial charge >= 0.3 is 5.97 Å². The van der Waals surface area contributed by atoms with E-state index in [2.05, 4.69) is 10.4 Å². The zero-order valence-electron chi connectivity index (χ0n) is 20.6. The van der Waals surface area contributed by atoms with Crippen molar-refractivity contribution in [1.82, 2.24) is 15.1 Å². The Balaban J connectivity index is 1.77. The quantitative estimate of drug-likeness (QED) is 0.344. The van der Waals surface area contributed by atoms with Crippen LogP contribution in [0.4, 0.5) is 4.39 Å². The first-order chi connectivity index (χ1) is 17.9. The van der Waals surface area contributed by atoms with Crippen LogP contribution in [0.5, 0.6) is 11.5 Å². The Morgan fingerprint density at radius 1 is 0.919 bits per heavy atom.